The molecule has 0 aliphatic carbocycles. The summed E-state index contributed by atoms with van der Waals surface area (Å²) in [6.45, 7) is 3.80. The third-order valence-corrected chi connectivity index (χ3v) is 4.53. The van der Waals surface area contributed by atoms with E-state index in [9.17, 15) is 0 Å². The molecule has 3 heteroatoms. The number of hydrogen-bond acceptors (Lipinski definition) is 2. The maximum atomic E-state index is 6.29. The van der Waals surface area contributed by atoms with Gasteiger partial charge in [0.25, 0.3) is 0 Å². The summed E-state index contributed by atoms with van der Waals surface area (Å²) in [5, 5.41) is 0. The number of halogens is 1. The molecule has 0 saturated carbocycles. The van der Waals surface area contributed by atoms with Gasteiger partial charge in [-0.3, -0.25) is 0 Å². The Morgan fingerprint density at radius 3 is 3.00 bits per heavy atom. The molecule has 0 radical (unpaired) electrons. The highest BCUT2D eigenvalue weighted by Crippen LogP contribution is 2.30. The zero-order chi connectivity index (χ0) is 10.8. The molecule has 1 aromatic carbocycles. The first-order valence-corrected chi connectivity index (χ1v) is 6.36. The van der Waals surface area contributed by atoms with Gasteiger partial charge >= 0.3 is 0 Å². The van der Waals surface area contributed by atoms with Crippen molar-refractivity contribution in [3.05, 3.63) is 32.9 Å². The minimum Gasteiger partial charge on any atom is -0.381 e. The quantitative estimate of drug-likeness (QED) is 0.851. The van der Waals surface area contributed by atoms with E-state index >= 15 is 0 Å². The van der Waals surface area contributed by atoms with Gasteiger partial charge in [-0.25, -0.2) is 0 Å². The van der Waals surface area contributed by atoms with Crippen LogP contribution in [0.2, 0.25) is 0 Å². The monoisotopic (exact) mass is 317 g/mol. The molecule has 82 valence electrons. The number of hydrogen-bond donors (Lipinski definition) is 1. The average Bonchev–Trinajstić information content (AvgIpc) is 2.74. The fourth-order valence-corrected chi connectivity index (χ4v) is 2.74. The average molecular weight is 317 g/mol. The van der Waals surface area contributed by atoms with E-state index in [2.05, 4.69) is 47.7 Å². The van der Waals surface area contributed by atoms with E-state index in [1.165, 1.54) is 14.7 Å². The van der Waals surface area contributed by atoms with Gasteiger partial charge in [0.1, 0.15) is 0 Å². The molecule has 0 aromatic heterocycles. The number of rotatable bonds is 2. The van der Waals surface area contributed by atoms with Crippen molar-refractivity contribution in [2.45, 2.75) is 19.4 Å². The lowest BCUT2D eigenvalue weighted by molar-refractivity contribution is 0.181. The van der Waals surface area contributed by atoms with Gasteiger partial charge in [-0.15, -0.1) is 0 Å². The summed E-state index contributed by atoms with van der Waals surface area (Å²) in [7, 11) is 0. The largest absolute Gasteiger partial charge is 0.381 e. The minimum absolute atomic E-state index is 0.124. The summed E-state index contributed by atoms with van der Waals surface area (Å²) in [6.07, 6.45) is 1.09. The van der Waals surface area contributed by atoms with E-state index in [1.807, 2.05) is 0 Å². The first-order valence-electron chi connectivity index (χ1n) is 5.28. The lowest BCUT2D eigenvalue weighted by Crippen LogP contribution is -2.22. The third kappa shape index (κ3) is 2.34. The fraction of sp³-hybridized carbons (Fsp3) is 0.500. The molecule has 2 N–H and O–H groups in total. The molecule has 15 heavy (non-hydrogen) atoms. The molecule has 0 bridgehead atoms. The second-order valence-electron chi connectivity index (χ2n) is 4.13. The van der Waals surface area contributed by atoms with Crippen LogP contribution in [0.3, 0.4) is 0 Å². The Hall–Kier alpha value is -0.130. The number of benzene rings is 1. The Morgan fingerprint density at radius 2 is 2.33 bits per heavy atom. The Kier molecular flexibility index (Phi) is 3.64. The molecule has 1 aromatic rings. The van der Waals surface area contributed by atoms with Gasteiger partial charge in [-0.2, -0.15) is 0 Å². The smallest absolute Gasteiger partial charge is 0.0513 e. The summed E-state index contributed by atoms with van der Waals surface area (Å²) >= 11 is 2.39. The number of aryl methyl sites for hydroxylation is 1. The standard InChI is InChI=1S/C12H16INO/c1-8-3-2-4-10(11(8)13)12(14)9-5-6-15-7-9/h2-4,9,12H,5-7,14H2,1H3. The minimum atomic E-state index is 0.124. The van der Waals surface area contributed by atoms with Crippen LogP contribution in [0.25, 0.3) is 0 Å². The van der Waals surface area contributed by atoms with Crippen molar-refractivity contribution in [1.29, 1.82) is 0 Å². The van der Waals surface area contributed by atoms with Crippen LogP contribution in [0.1, 0.15) is 23.6 Å². The summed E-state index contributed by atoms with van der Waals surface area (Å²) < 4.78 is 6.69. The first kappa shape index (κ1) is 11.4. The molecule has 1 aliphatic rings. The van der Waals surface area contributed by atoms with Crippen molar-refractivity contribution in [3.8, 4) is 0 Å². The van der Waals surface area contributed by atoms with Crippen LogP contribution in [0.4, 0.5) is 0 Å². The van der Waals surface area contributed by atoms with Gasteiger partial charge < -0.3 is 10.5 Å². The molecular formula is C12H16INO. The summed E-state index contributed by atoms with van der Waals surface area (Å²) in [6, 6.07) is 6.47. The molecule has 2 nitrogen and oxygen atoms in total. The molecule has 1 heterocycles. The van der Waals surface area contributed by atoms with Crippen molar-refractivity contribution in [2.24, 2.45) is 11.7 Å². The molecule has 2 atom stereocenters. The fourth-order valence-electron chi connectivity index (χ4n) is 2.02. The Labute approximate surface area is 104 Å². The third-order valence-electron chi connectivity index (χ3n) is 3.05. The summed E-state index contributed by atoms with van der Waals surface area (Å²) in [4.78, 5) is 0. The zero-order valence-electron chi connectivity index (χ0n) is 8.87. The van der Waals surface area contributed by atoms with Gasteiger partial charge in [0.05, 0.1) is 6.61 Å². The summed E-state index contributed by atoms with van der Waals surface area (Å²) in [5.74, 6) is 0.486. The van der Waals surface area contributed by atoms with Crippen LogP contribution < -0.4 is 5.73 Å². The highest BCUT2D eigenvalue weighted by molar-refractivity contribution is 14.1. The van der Waals surface area contributed by atoms with E-state index in [4.69, 9.17) is 10.5 Å². The lowest BCUT2D eigenvalue weighted by atomic mass is 9.92. The molecule has 2 unspecified atom stereocenters. The predicted octanol–water partition coefficient (Wildman–Crippen LogP) is 2.64. The SMILES string of the molecule is Cc1cccc(C(N)C2CCOC2)c1I. The second kappa shape index (κ2) is 4.80. The number of nitrogens with two attached hydrogens (primary N) is 1. The second-order valence-corrected chi connectivity index (χ2v) is 5.21. The Bertz CT molecular complexity index is 347. The topological polar surface area (TPSA) is 35.2 Å². The van der Waals surface area contributed by atoms with Crippen LogP contribution in [-0.2, 0) is 4.74 Å². The van der Waals surface area contributed by atoms with Crippen molar-refractivity contribution in [1.82, 2.24) is 0 Å². The van der Waals surface area contributed by atoms with Crippen molar-refractivity contribution in [3.63, 3.8) is 0 Å². The Morgan fingerprint density at radius 1 is 1.53 bits per heavy atom. The maximum Gasteiger partial charge on any atom is 0.0513 e. The van der Waals surface area contributed by atoms with Crippen molar-refractivity contribution in [2.75, 3.05) is 13.2 Å². The highest BCUT2D eigenvalue weighted by atomic mass is 127. The molecule has 1 aliphatic heterocycles. The van der Waals surface area contributed by atoms with Gasteiger partial charge in [-0.1, -0.05) is 18.2 Å². The van der Waals surface area contributed by atoms with Gasteiger partial charge in [0.2, 0.25) is 0 Å². The predicted molar refractivity (Wildman–Crippen MR) is 69.8 cm³/mol. The molecule has 2 rings (SSSR count). The molecule has 0 amide bonds. The van der Waals surface area contributed by atoms with Crippen molar-refractivity contribution < 1.29 is 4.74 Å². The van der Waals surface area contributed by atoms with Crippen LogP contribution in [-0.4, -0.2) is 13.2 Å². The van der Waals surface area contributed by atoms with Crippen LogP contribution in [0, 0.1) is 16.4 Å². The van der Waals surface area contributed by atoms with Crippen LogP contribution >= 0.6 is 22.6 Å². The van der Waals surface area contributed by atoms with Crippen molar-refractivity contribution >= 4 is 22.6 Å². The van der Waals surface area contributed by atoms with Crippen LogP contribution in [0.5, 0.6) is 0 Å². The normalized spacial score (nSPS) is 23.0. The van der Waals surface area contributed by atoms with E-state index in [0.29, 0.717) is 5.92 Å². The molecule has 1 saturated heterocycles. The molecular weight excluding hydrogens is 301 g/mol. The van der Waals surface area contributed by atoms with E-state index in [0.717, 1.165) is 19.6 Å². The first-order chi connectivity index (χ1) is 7.20. The highest BCUT2D eigenvalue weighted by Gasteiger charge is 2.25. The van der Waals surface area contributed by atoms with E-state index < -0.39 is 0 Å². The Balaban J connectivity index is 2.24. The lowest BCUT2D eigenvalue weighted by Gasteiger charge is -2.20. The van der Waals surface area contributed by atoms with Crippen LogP contribution in [0.15, 0.2) is 18.2 Å². The zero-order valence-corrected chi connectivity index (χ0v) is 11.0. The maximum absolute atomic E-state index is 6.29. The van der Waals surface area contributed by atoms with E-state index in [1.54, 1.807) is 0 Å². The molecule has 1 fully saturated rings. The van der Waals surface area contributed by atoms with E-state index in [-0.39, 0.29) is 6.04 Å². The van der Waals surface area contributed by atoms with Gasteiger partial charge in [-0.05, 0) is 47.1 Å². The summed E-state index contributed by atoms with van der Waals surface area (Å²) in [5.41, 5.74) is 8.86. The van der Waals surface area contributed by atoms with Gasteiger partial charge in [0, 0.05) is 22.1 Å². The molecule has 0 spiro atoms. The van der Waals surface area contributed by atoms with Gasteiger partial charge in [0.15, 0.2) is 0 Å². The number of ether oxygens (including phenoxy) is 1.